The van der Waals surface area contributed by atoms with Crippen molar-refractivity contribution in [3.63, 3.8) is 0 Å². The molecule has 0 spiro atoms. The van der Waals surface area contributed by atoms with Crippen molar-refractivity contribution in [2.24, 2.45) is 0 Å². The Balaban J connectivity index is 2.40. The Morgan fingerprint density at radius 2 is 1.62 bits per heavy atom. The molecule has 0 saturated heterocycles. The van der Waals surface area contributed by atoms with Crippen molar-refractivity contribution in [3.05, 3.63) is 72.0 Å². The zero-order chi connectivity index (χ0) is 11.4. The Bertz CT molecular complexity index is 384. The monoisotopic (exact) mass is 211 g/mol. The van der Waals surface area contributed by atoms with Crippen LogP contribution in [0.2, 0.25) is 0 Å². The maximum absolute atomic E-state index is 4.17. The predicted molar refractivity (Wildman–Crippen MR) is 65.8 cm³/mol. The van der Waals surface area contributed by atoms with Gasteiger partial charge in [-0.2, -0.15) is 0 Å². The predicted octanol–water partition coefficient (Wildman–Crippen LogP) is 2.57. The first kappa shape index (κ1) is 10.8. The molecule has 1 aromatic heterocycles. The van der Waals surface area contributed by atoms with Crippen LogP contribution in [0.3, 0.4) is 0 Å². The number of pyridine rings is 1. The van der Waals surface area contributed by atoms with Gasteiger partial charge < -0.3 is 0 Å². The van der Waals surface area contributed by atoms with Crippen LogP contribution in [-0.4, -0.2) is 24.0 Å². The van der Waals surface area contributed by atoms with Crippen molar-refractivity contribution in [2.75, 3.05) is 14.1 Å². The summed E-state index contributed by atoms with van der Waals surface area (Å²) in [6.45, 7) is 0. The molecule has 0 aliphatic carbocycles. The Hall–Kier alpha value is -1.67. The molecule has 0 unspecified atom stereocenters. The normalized spacial score (nSPS) is 11.0. The lowest BCUT2D eigenvalue weighted by Gasteiger charge is -2.23. The van der Waals surface area contributed by atoms with Crippen LogP contribution in [0.25, 0.3) is 0 Å². The Morgan fingerprint density at radius 1 is 0.938 bits per heavy atom. The molecule has 2 nitrogen and oxygen atoms in total. The summed E-state index contributed by atoms with van der Waals surface area (Å²) >= 11 is 0. The van der Waals surface area contributed by atoms with Crippen LogP contribution < -0.4 is 0 Å². The lowest BCUT2D eigenvalue weighted by atomic mass is 9.99. The molecule has 0 fully saturated rings. The topological polar surface area (TPSA) is 16.1 Å². The van der Waals surface area contributed by atoms with Gasteiger partial charge >= 0.3 is 0 Å². The van der Waals surface area contributed by atoms with Crippen molar-refractivity contribution in [1.29, 1.82) is 0 Å². The Kier molecular flexibility index (Phi) is 3.32. The maximum atomic E-state index is 4.17. The molecule has 0 saturated carbocycles. The van der Waals surface area contributed by atoms with E-state index in [1.165, 1.54) is 11.6 Å². The average molecular weight is 211 g/mol. The number of aromatic nitrogens is 1. The van der Waals surface area contributed by atoms with E-state index in [9.17, 15) is 0 Å². The smallest absolute Gasteiger partial charge is 0.0998 e. The first-order valence-electron chi connectivity index (χ1n) is 5.29. The first-order valence-corrected chi connectivity index (χ1v) is 5.29. The van der Waals surface area contributed by atoms with E-state index in [0.29, 0.717) is 0 Å². The molecule has 16 heavy (non-hydrogen) atoms. The molecule has 1 heterocycles. The van der Waals surface area contributed by atoms with E-state index in [0.717, 1.165) is 5.56 Å². The van der Waals surface area contributed by atoms with Gasteiger partial charge in [-0.1, -0.05) is 36.4 Å². The summed E-state index contributed by atoms with van der Waals surface area (Å²) in [7, 11) is 4.10. The van der Waals surface area contributed by atoms with Crippen molar-refractivity contribution >= 4 is 0 Å². The Morgan fingerprint density at radius 3 is 2.19 bits per heavy atom. The van der Waals surface area contributed by atoms with Crippen LogP contribution in [0.5, 0.6) is 0 Å². The zero-order valence-electron chi connectivity index (χ0n) is 9.59. The highest BCUT2D eigenvalue weighted by atomic mass is 15.1. The fourth-order valence-corrected chi connectivity index (χ4v) is 1.78. The van der Waals surface area contributed by atoms with Crippen LogP contribution >= 0.6 is 0 Å². The number of hydrogen-bond acceptors (Lipinski definition) is 2. The van der Waals surface area contributed by atoms with Crippen LogP contribution in [0.1, 0.15) is 11.1 Å². The summed E-state index contributed by atoms with van der Waals surface area (Å²) in [5.41, 5.74) is 2.35. The first-order chi connectivity index (χ1) is 7.79. The maximum Gasteiger partial charge on any atom is 0.0998 e. The third-order valence-electron chi connectivity index (χ3n) is 2.43. The molecule has 81 valence electrons. The Labute approximate surface area is 96.6 Å². The van der Waals surface area contributed by atoms with Gasteiger partial charge in [0.05, 0.1) is 6.04 Å². The van der Waals surface area contributed by atoms with E-state index >= 15 is 0 Å². The van der Waals surface area contributed by atoms with Crippen LogP contribution in [-0.2, 0) is 0 Å². The van der Waals surface area contributed by atoms with Gasteiger partial charge in [0, 0.05) is 12.4 Å². The lowest BCUT2D eigenvalue weighted by Crippen LogP contribution is -2.22. The molecular formula is C14H15N2. The second-order valence-electron chi connectivity index (χ2n) is 3.85. The molecule has 1 aromatic carbocycles. The molecule has 0 bridgehead atoms. The van der Waals surface area contributed by atoms with Gasteiger partial charge in [-0.15, -0.1) is 0 Å². The van der Waals surface area contributed by atoms with E-state index in [2.05, 4.69) is 54.3 Å². The van der Waals surface area contributed by atoms with Crippen molar-refractivity contribution in [2.45, 2.75) is 0 Å². The highest BCUT2D eigenvalue weighted by Gasteiger charge is 2.17. The van der Waals surface area contributed by atoms with E-state index in [1.54, 1.807) is 6.20 Å². The molecule has 0 amide bonds. The lowest BCUT2D eigenvalue weighted by molar-refractivity contribution is 0.464. The van der Waals surface area contributed by atoms with Gasteiger partial charge in [-0.3, -0.25) is 9.88 Å². The van der Waals surface area contributed by atoms with Crippen LogP contribution in [0.4, 0.5) is 0 Å². The summed E-state index contributed by atoms with van der Waals surface area (Å²) in [6.07, 6.45) is 3.68. The summed E-state index contributed by atoms with van der Waals surface area (Å²) in [5.74, 6) is 0. The average Bonchev–Trinajstić information content (AvgIpc) is 2.31. The van der Waals surface area contributed by atoms with Gasteiger partial charge in [0.1, 0.15) is 0 Å². The number of nitrogens with zero attached hydrogens (tertiary/aromatic N) is 2. The van der Waals surface area contributed by atoms with Gasteiger partial charge in [-0.05, 0) is 31.3 Å². The molecule has 2 aromatic rings. The van der Waals surface area contributed by atoms with Crippen molar-refractivity contribution in [1.82, 2.24) is 9.88 Å². The summed E-state index contributed by atoms with van der Waals surface area (Å²) < 4.78 is 0. The fraction of sp³-hybridized carbons (Fsp3) is 0.143. The minimum absolute atomic E-state index is 1.14. The van der Waals surface area contributed by atoms with Gasteiger partial charge in [0.15, 0.2) is 0 Å². The molecular weight excluding hydrogens is 196 g/mol. The van der Waals surface area contributed by atoms with Gasteiger partial charge in [0.25, 0.3) is 0 Å². The van der Waals surface area contributed by atoms with E-state index in [4.69, 9.17) is 0 Å². The minimum atomic E-state index is 1.14. The summed E-state index contributed by atoms with van der Waals surface area (Å²) in [4.78, 5) is 6.28. The third kappa shape index (κ3) is 2.28. The molecule has 0 aliphatic rings. The summed E-state index contributed by atoms with van der Waals surface area (Å²) in [6, 6.07) is 15.6. The highest BCUT2D eigenvalue weighted by molar-refractivity contribution is 5.42. The molecule has 2 heteroatoms. The van der Waals surface area contributed by atoms with Gasteiger partial charge in [-0.25, -0.2) is 0 Å². The number of benzene rings is 1. The number of rotatable bonds is 3. The molecule has 2 rings (SSSR count). The molecule has 0 N–H and O–H groups in total. The summed E-state index contributed by atoms with van der Waals surface area (Å²) in [5, 5.41) is 0. The van der Waals surface area contributed by atoms with Crippen molar-refractivity contribution in [3.8, 4) is 0 Å². The number of hydrogen-bond donors (Lipinski definition) is 0. The van der Waals surface area contributed by atoms with Crippen molar-refractivity contribution < 1.29 is 0 Å². The standard InChI is InChI=1S/C14H15N2/c1-16(2)14(12-7-4-3-5-8-12)13-9-6-10-15-11-13/h3-11H,1-2H3. The fourth-order valence-electron chi connectivity index (χ4n) is 1.78. The quantitative estimate of drug-likeness (QED) is 0.775. The molecule has 1 radical (unpaired) electrons. The van der Waals surface area contributed by atoms with Crippen LogP contribution in [0, 0.1) is 6.04 Å². The third-order valence-corrected chi connectivity index (χ3v) is 2.43. The van der Waals surface area contributed by atoms with E-state index < -0.39 is 0 Å². The van der Waals surface area contributed by atoms with Gasteiger partial charge in [0.2, 0.25) is 0 Å². The highest BCUT2D eigenvalue weighted by Crippen LogP contribution is 2.24. The minimum Gasteiger partial charge on any atom is -0.294 e. The molecule has 0 aliphatic heterocycles. The second-order valence-corrected chi connectivity index (χ2v) is 3.85. The molecule has 0 atom stereocenters. The van der Waals surface area contributed by atoms with Crippen LogP contribution in [0.15, 0.2) is 54.9 Å². The second kappa shape index (κ2) is 4.90. The van der Waals surface area contributed by atoms with E-state index in [1.807, 2.05) is 18.3 Å². The van der Waals surface area contributed by atoms with E-state index in [-0.39, 0.29) is 0 Å². The SMILES string of the molecule is CN(C)[C](c1ccccc1)c1cccnc1. The zero-order valence-corrected chi connectivity index (χ0v) is 9.59. The largest absolute Gasteiger partial charge is 0.294 e.